The third-order valence-corrected chi connectivity index (χ3v) is 3.47. The summed E-state index contributed by atoms with van der Waals surface area (Å²) in [4.78, 5) is 0. The Morgan fingerprint density at radius 3 is 2.47 bits per heavy atom. The van der Waals surface area contributed by atoms with E-state index < -0.39 is 11.6 Å². The summed E-state index contributed by atoms with van der Waals surface area (Å²) in [7, 11) is 0. The average molecular weight is 282 g/mol. The van der Waals surface area contributed by atoms with E-state index in [4.69, 9.17) is 17.3 Å². The van der Waals surface area contributed by atoms with Gasteiger partial charge in [0.15, 0.2) is 11.6 Å². The summed E-state index contributed by atoms with van der Waals surface area (Å²) >= 11 is 5.95. The lowest BCUT2D eigenvalue weighted by atomic mass is 9.98. The Morgan fingerprint density at radius 1 is 1.11 bits per heavy atom. The van der Waals surface area contributed by atoms with Gasteiger partial charge in [0.05, 0.1) is 0 Å². The molecule has 0 aliphatic heterocycles. The molecule has 2 aromatic rings. The van der Waals surface area contributed by atoms with Crippen LogP contribution in [0.15, 0.2) is 36.4 Å². The summed E-state index contributed by atoms with van der Waals surface area (Å²) < 4.78 is 26.0. The lowest BCUT2D eigenvalue weighted by molar-refractivity contribution is 0.506. The Balaban J connectivity index is 2.17. The molecule has 0 radical (unpaired) electrons. The predicted octanol–water partition coefficient (Wildman–Crippen LogP) is 4.17. The van der Waals surface area contributed by atoms with Crippen LogP contribution < -0.4 is 5.73 Å². The van der Waals surface area contributed by atoms with Crippen LogP contribution in [0.4, 0.5) is 8.78 Å². The summed E-state index contributed by atoms with van der Waals surface area (Å²) in [6.45, 7) is 1.90. The van der Waals surface area contributed by atoms with Crippen molar-refractivity contribution in [3.63, 3.8) is 0 Å². The van der Waals surface area contributed by atoms with Gasteiger partial charge in [0.2, 0.25) is 0 Å². The van der Waals surface area contributed by atoms with E-state index >= 15 is 0 Å². The van der Waals surface area contributed by atoms with Gasteiger partial charge in [0.25, 0.3) is 0 Å². The van der Waals surface area contributed by atoms with Gasteiger partial charge in [-0.2, -0.15) is 0 Å². The maximum absolute atomic E-state index is 13.1. The normalized spacial score (nSPS) is 12.5. The van der Waals surface area contributed by atoms with Crippen LogP contribution >= 0.6 is 11.6 Å². The molecule has 0 saturated heterocycles. The van der Waals surface area contributed by atoms with Crippen LogP contribution in [-0.2, 0) is 6.42 Å². The second-order valence-electron chi connectivity index (χ2n) is 4.57. The molecule has 0 saturated carbocycles. The Morgan fingerprint density at radius 2 is 1.84 bits per heavy atom. The Labute approximate surface area is 116 Å². The molecule has 0 aliphatic carbocycles. The van der Waals surface area contributed by atoms with Gasteiger partial charge in [-0.15, -0.1) is 0 Å². The van der Waals surface area contributed by atoms with E-state index in [0.717, 1.165) is 17.2 Å². The zero-order valence-electron chi connectivity index (χ0n) is 10.5. The summed E-state index contributed by atoms with van der Waals surface area (Å²) in [6.07, 6.45) is 0.443. The van der Waals surface area contributed by atoms with Crippen molar-refractivity contribution in [1.82, 2.24) is 0 Å². The SMILES string of the molecule is Cc1cc(C(N)Cc2ccc(F)c(F)c2)ccc1Cl. The van der Waals surface area contributed by atoms with Gasteiger partial charge in [0.1, 0.15) is 0 Å². The molecule has 0 aromatic heterocycles. The van der Waals surface area contributed by atoms with Gasteiger partial charge in [-0.3, -0.25) is 0 Å². The van der Waals surface area contributed by atoms with Crippen molar-refractivity contribution < 1.29 is 8.78 Å². The average Bonchev–Trinajstić information content (AvgIpc) is 2.37. The third-order valence-electron chi connectivity index (χ3n) is 3.05. The van der Waals surface area contributed by atoms with E-state index in [1.165, 1.54) is 6.07 Å². The molecular weight excluding hydrogens is 268 g/mol. The first-order chi connectivity index (χ1) is 8.97. The molecule has 100 valence electrons. The fourth-order valence-corrected chi connectivity index (χ4v) is 2.05. The Bertz CT molecular complexity index is 599. The molecule has 4 heteroatoms. The number of benzene rings is 2. The Hall–Kier alpha value is -1.45. The van der Waals surface area contributed by atoms with E-state index in [2.05, 4.69) is 0 Å². The van der Waals surface area contributed by atoms with Gasteiger partial charge in [-0.25, -0.2) is 8.78 Å². The monoisotopic (exact) mass is 281 g/mol. The first-order valence-corrected chi connectivity index (χ1v) is 6.30. The number of halogens is 3. The van der Waals surface area contributed by atoms with Gasteiger partial charge < -0.3 is 5.73 Å². The van der Waals surface area contributed by atoms with Crippen molar-refractivity contribution in [3.8, 4) is 0 Å². The van der Waals surface area contributed by atoms with Crippen molar-refractivity contribution in [2.45, 2.75) is 19.4 Å². The molecule has 2 N–H and O–H groups in total. The summed E-state index contributed by atoms with van der Waals surface area (Å²) in [5, 5.41) is 0.684. The fourth-order valence-electron chi connectivity index (χ4n) is 1.94. The number of aryl methyl sites for hydroxylation is 1. The van der Waals surface area contributed by atoms with Crippen LogP contribution in [0.1, 0.15) is 22.7 Å². The number of nitrogens with two attached hydrogens (primary N) is 1. The second kappa shape index (κ2) is 5.68. The van der Waals surface area contributed by atoms with Gasteiger partial charge in [0, 0.05) is 11.1 Å². The van der Waals surface area contributed by atoms with E-state index in [0.29, 0.717) is 17.0 Å². The van der Waals surface area contributed by atoms with Crippen LogP contribution in [0.3, 0.4) is 0 Å². The zero-order chi connectivity index (χ0) is 14.0. The van der Waals surface area contributed by atoms with Crippen molar-refractivity contribution in [2.75, 3.05) is 0 Å². The molecule has 0 fully saturated rings. The van der Waals surface area contributed by atoms with Gasteiger partial charge in [-0.1, -0.05) is 29.8 Å². The summed E-state index contributed by atoms with van der Waals surface area (Å²) in [5.41, 5.74) is 8.61. The van der Waals surface area contributed by atoms with Crippen molar-refractivity contribution >= 4 is 11.6 Å². The molecule has 1 atom stereocenters. The highest BCUT2D eigenvalue weighted by molar-refractivity contribution is 6.31. The maximum Gasteiger partial charge on any atom is 0.159 e. The standard InChI is InChI=1S/C15H14ClF2N/c1-9-6-11(3-4-12(9)16)15(19)8-10-2-5-13(17)14(18)7-10/h2-7,15H,8,19H2,1H3. The minimum Gasteiger partial charge on any atom is -0.324 e. The first kappa shape index (κ1) is 14.0. The predicted molar refractivity (Wildman–Crippen MR) is 73.2 cm³/mol. The van der Waals surface area contributed by atoms with E-state index in [1.54, 1.807) is 12.1 Å². The molecule has 0 heterocycles. The van der Waals surface area contributed by atoms with Crippen LogP contribution in [0.5, 0.6) is 0 Å². The second-order valence-corrected chi connectivity index (χ2v) is 4.97. The minimum absolute atomic E-state index is 0.277. The number of hydrogen-bond acceptors (Lipinski definition) is 1. The molecule has 0 spiro atoms. The number of hydrogen-bond donors (Lipinski definition) is 1. The van der Waals surface area contributed by atoms with E-state index in [1.807, 2.05) is 19.1 Å². The van der Waals surface area contributed by atoms with Crippen LogP contribution in [0, 0.1) is 18.6 Å². The lowest BCUT2D eigenvalue weighted by Crippen LogP contribution is -2.13. The molecule has 0 aliphatic rings. The number of rotatable bonds is 3. The molecule has 2 rings (SSSR count). The highest BCUT2D eigenvalue weighted by Crippen LogP contribution is 2.22. The molecule has 0 bridgehead atoms. The molecular formula is C15H14ClF2N. The first-order valence-electron chi connectivity index (χ1n) is 5.93. The molecule has 19 heavy (non-hydrogen) atoms. The Kier molecular flexibility index (Phi) is 4.17. The molecule has 0 amide bonds. The van der Waals surface area contributed by atoms with Crippen molar-refractivity contribution in [2.24, 2.45) is 5.73 Å². The highest BCUT2D eigenvalue weighted by atomic mass is 35.5. The van der Waals surface area contributed by atoms with Gasteiger partial charge in [-0.05, 0) is 48.2 Å². The molecule has 1 unspecified atom stereocenters. The fraction of sp³-hybridized carbons (Fsp3) is 0.200. The summed E-state index contributed by atoms with van der Waals surface area (Å²) in [5.74, 6) is -1.70. The topological polar surface area (TPSA) is 26.0 Å². The maximum atomic E-state index is 13.1. The lowest BCUT2D eigenvalue weighted by Gasteiger charge is -2.13. The van der Waals surface area contributed by atoms with Gasteiger partial charge >= 0.3 is 0 Å². The van der Waals surface area contributed by atoms with Crippen molar-refractivity contribution in [1.29, 1.82) is 0 Å². The van der Waals surface area contributed by atoms with Crippen LogP contribution in [-0.4, -0.2) is 0 Å². The molecule has 2 aromatic carbocycles. The highest BCUT2D eigenvalue weighted by Gasteiger charge is 2.10. The minimum atomic E-state index is -0.850. The van der Waals surface area contributed by atoms with E-state index in [-0.39, 0.29) is 6.04 Å². The quantitative estimate of drug-likeness (QED) is 0.898. The smallest absolute Gasteiger partial charge is 0.159 e. The molecule has 1 nitrogen and oxygen atoms in total. The largest absolute Gasteiger partial charge is 0.324 e. The summed E-state index contributed by atoms with van der Waals surface area (Å²) in [6, 6.07) is 9.11. The van der Waals surface area contributed by atoms with Crippen LogP contribution in [0.25, 0.3) is 0 Å². The van der Waals surface area contributed by atoms with E-state index in [9.17, 15) is 8.78 Å². The van der Waals surface area contributed by atoms with Crippen molar-refractivity contribution in [3.05, 3.63) is 69.7 Å². The van der Waals surface area contributed by atoms with Crippen LogP contribution in [0.2, 0.25) is 5.02 Å². The zero-order valence-corrected chi connectivity index (χ0v) is 11.2. The third kappa shape index (κ3) is 3.31.